The monoisotopic (exact) mass is 449 g/mol. The van der Waals surface area contributed by atoms with E-state index in [-0.39, 0.29) is 23.4 Å². The van der Waals surface area contributed by atoms with Crippen molar-refractivity contribution in [1.82, 2.24) is 4.31 Å². The van der Waals surface area contributed by atoms with Crippen molar-refractivity contribution in [2.24, 2.45) is 5.92 Å². The smallest absolute Gasteiger partial charge is 0.243 e. The molecule has 2 fully saturated rings. The lowest BCUT2D eigenvalue weighted by atomic mass is 10.0. The molecule has 0 aromatic heterocycles. The number of halogens is 1. The van der Waals surface area contributed by atoms with E-state index in [4.69, 9.17) is 9.47 Å². The standard InChI is InChI=1S/C23H28FNO5S/c24-20-5-3-18(4-6-20)22-2-1-11-25(22)31(27,28)21-7-8-23(19(14-21)15-26)30-16-17-9-12-29-13-10-17/h3-8,14,17,22,26H,1-2,9-13,15-16H2. The normalized spacial score (nSPS) is 20.8. The minimum Gasteiger partial charge on any atom is -0.493 e. The molecule has 2 saturated heterocycles. The first-order chi connectivity index (χ1) is 15.0. The minimum absolute atomic E-state index is 0.129. The molecule has 1 unspecified atom stereocenters. The highest BCUT2D eigenvalue weighted by Crippen LogP contribution is 2.37. The molecule has 4 rings (SSSR count). The predicted molar refractivity (Wildman–Crippen MR) is 114 cm³/mol. The van der Waals surface area contributed by atoms with E-state index < -0.39 is 10.0 Å². The van der Waals surface area contributed by atoms with Crippen LogP contribution in [-0.2, 0) is 21.4 Å². The first kappa shape index (κ1) is 22.2. The van der Waals surface area contributed by atoms with Crippen LogP contribution < -0.4 is 4.74 Å². The van der Waals surface area contributed by atoms with Gasteiger partial charge >= 0.3 is 0 Å². The molecule has 0 aliphatic carbocycles. The number of hydrogen-bond acceptors (Lipinski definition) is 5. The number of nitrogens with zero attached hydrogens (tertiary/aromatic N) is 1. The van der Waals surface area contributed by atoms with E-state index in [1.54, 1.807) is 18.2 Å². The fourth-order valence-corrected chi connectivity index (χ4v) is 6.02. The number of hydrogen-bond donors (Lipinski definition) is 1. The van der Waals surface area contributed by atoms with Gasteiger partial charge < -0.3 is 14.6 Å². The molecule has 8 heteroatoms. The molecule has 2 aromatic rings. The van der Waals surface area contributed by atoms with E-state index in [0.29, 0.717) is 36.8 Å². The topological polar surface area (TPSA) is 76.1 Å². The van der Waals surface area contributed by atoms with Gasteiger partial charge in [0.05, 0.1) is 24.2 Å². The Hall–Kier alpha value is -2.00. The molecule has 2 aromatic carbocycles. The van der Waals surface area contributed by atoms with Crippen molar-refractivity contribution in [1.29, 1.82) is 0 Å². The summed E-state index contributed by atoms with van der Waals surface area (Å²) >= 11 is 0. The second kappa shape index (κ2) is 9.65. The van der Waals surface area contributed by atoms with Crippen LogP contribution in [0.2, 0.25) is 0 Å². The molecule has 0 saturated carbocycles. The van der Waals surface area contributed by atoms with Crippen LogP contribution in [0, 0.1) is 11.7 Å². The van der Waals surface area contributed by atoms with Crippen LogP contribution >= 0.6 is 0 Å². The summed E-state index contributed by atoms with van der Waals surface area (Å²) in [7, 11) is -3.77. The van der Waals surface area contributed by atoms with Gasteiger partial charge in [-0.1, -0.05) is 12.1 Å². The largest absolute Gasteiger partial charge is 0.493 e. The van der Waals surface area contributed by atoms with Gasteiger partial charge in [-0.25, -0.2) is 12.8 Å². The summed E-state index contributed by atoms with van der Waals surface area (Å²) in [5, 5.41) is 9.82. The summed E-state index contributed by atoms with van der Waals surface area (Å²) < 4.78 is 52.8. The van der Waals surface area contributed by atoms with E-state index in [2.05, 4.69) is 0 Å². The molecule has 168 valence electrons. The Morgan fingerprint density at radius 1 is 1.10 bits per heavy atom. The third-order valence-electron chi connectivity index (χ3n) is 6.08. The maximum absolute atomic E-state index is 13.4. The first-order valence-electron chi connectivity index (χ1n) is 10.7. The average Bonchev–Trinajstić information content (AvgIpc) is 3.29. The lowest BCUT2D eigenvalue weighted by molar-refractivity contribution is 0.0494. The van der Waals surface area contributed by atoms with Gasteiger partial charge in [0.1, 0.15) is 11.6 Å². The molecule has 0 bridgehead atoms. The Kier molecular flexibility index (Phi) is 6.91. The molecule has 1 atom stereocenters. The van der Waals surface area contributed by atoms with Gasteiger partial charge in [0, 0.05) is 25.3 Å². The number of aliphatic hydroxyl groups excluding tert-OH is 1. The highest BCUT2D eigenvalue weighted by Gasteiger charge is 2.36. The van der Waals surface area contributed by atoms with Crippen molar-refractivity contribution >= 4 is 10.0 Å². The van der Waals surface area contributed by atoms with Gasteiger partial charge in [0.2, 0.25) is 10.0 Å². The molecular weight excluding hydrogens is 421 g/mol. The molecule has 2 heterocycles. The van der Waals surface area contributed by atoms with E-state index in [1.165, 1.54) is 28.6 Å². The highest BCUT2D eigenvalue weighted by molar-refractivity contribution is 7.89. The molecule has 31 heavy (non-hydrogen) atoms. The van der Waals surface area contributed by atoms with Crippen molar-refractivity contribution in [2.45, 2.75) is 43.2 Å². The Labute approximate surface area is 182 Å². The average molecular weight is 450 g/mol. The summed E-state index contributed by atoms with van der Waals surface area (Å²) in [5.74, 6) is 0.550. The van der Waals surface area contributed by atoms with Crippen molar-refractivity contribution in [3.63, 3.8) is 0 Å². The lowest BCUT2D eigenvalue weighted by Crippen LogP contribution is -2.30. The van der Waals surface area contributed by atoms with Crippen molar-refractivity contribution in [3.8, 4) is 5.75 Å². The van der Waals surface area contributed by atoms with Crippen LogP contribution in [0.5, 0.6) is 5.75 Å². The van der Waals surface area contributed by atoms with Gasteiger partial charge in [-0.15, -0.1) is 0 Å². The molecule has 0 radical (unpaired) electrons. The third kappa shape index (κ3) is 4.92. The third-order valence-corrected chi connectivity index (χ3v) is 7.99. The Bertz CT molecular complexity index is 990. The fourth-order valence-electron chi connectivity index (χ4n) is 4.28. The summed E-state index contributed by atoms with van der Waals surface area (Å²) in [6.07, 6.45) is 3.28. The fraction of sp³-hybridized carbons (Fsp3) is 0.478. The number of benzene rings is 2. The zero-order valence-corrected chi connectivity index (χ0v) is 18.2. The second-order valence-electron chi connectivity index (χ2n) is 8.12. The van der Waals surface area contributed by atoms with Crippen molar-refractivity contribution in [3.05, 3.63) is 59.4 Å². The lowest BCUT2D eigenvalue weighted by Gasteiger charge is -2.25. The molecule has 0 spiro atoms. The SMILES string of the molecule is O=S(=O)(c1ccc(OCC2CCOCC2)c(CO)c1)N1CCCC1c1ccc(F)cc1. The summed E-state index contributed by atoms with van der Waals surface area (Å²) in [6.45, 7) is 2.06. The highest BCUT2D eigenvalue weighted by atomic mass is 32.2. The number of sulfonamides is 1. The quantitative estimate of drug-likeness (QED) is 0.698. The molecule has 1 N–H and O–H groups in total. The molecule has 6 nitrogen and oxygen atoms in total. The number of ether oxygens (including phenoxy) is 2. The Morgan fingerprint density at radius 3 is 2.55 bits per heavy atom. The van der Waals surface area contributed by atoms with Crippen LogP contribution in [0.1, 0.15) is 42.9 Å². The van der Waals surface area contributed by atoms with Crippen LogP contribution in [0.4, 0.5) is 4.39 Å². The van der Waals surface area contributed by atoms with Crippen LogP contribution in [-0.4, -0.2) is 44.2 Å². The van der Waals surface area contributed by atoms with Crippen LogP contribution in [0.3, 0.4) is 0 Å². The summed E-state index contributed by atoms with van der Waals surface area (Å²) in [6, 6.07) is 10.3. The Balaban J connectivity index is 1.53. The first-order valence-corrected chi connectivity index (χ1v) is 12.1. The number of rotatable bonds is 7. The molecular formula is C23H28FNO5S. The van der Waals surface area contributed by atoms with Crippen molar-refractivity contribution < 1.29 is 27.4 Å². The summed E-state index contributed by atoms with van der Waals surface area (Å²) in [5.41, 5.74) is 1.23. The van der Waals surface area contributed by atoms with E-state index in [0.717, 1.165) is 38.0 Å². The van der Waals surface area contributed by atoms with Gasteiger partial charge in [0.25, 0.3) is 0 Å². The van der Waals surface area contributed by atoms with Gasteiger partial charge in [-0.2, -0.15) is 4.31 Å². The Morgan fingerprint density at radius 2 is 1.84 bits per heavy atom. The zero-order valence-electron chi connectivity index (χ0n) is 17.4. The van der Waals surface area contributed by atoms with Gasteiger partial charge in [-0.3, -0.25) is 0 Å². The summed E-state index contributed by atoms with van der Waals surface area (Å²) in [4.78, 5) is 0.129. The second-order valence-corrected chi connectivity index (χ2v) is 10.0. The molecule has 0 amide bonds. The molecule has 2 aliphatic heterocycles. The maximum Gasteiger partial charge on any atom is 0.243 e. The van der Waals surface area contributed by atoms with E-state index in [1.807, 2.05) is 0 Å². The van der Waals surface area contributed by atoms with Crippen LogP contribution in [0.15, 0.2) is 47.4 Å². The predicted octanol–water partition coefficient (Wildman–Crippen LogP) is 3.65. The van der Waals surface area contributed by atoms with E-state index >= 15 is 0 Å². The molecule has 2 aliphatic rings. The zero-order chi connectivity index (χ0) is 21.8. The van der Waals surface area contributed by atoms with Crippen LogP contribution in [0.25, 0.3) is 0 Å². The van der Waals surface area contributed by atoms with Gasteiger partial charge in [0.15, 0.2) is 0 Å². The van der Waals surface area contributed by atoms with E-state index in [9.17, 15) is 17.9 Å². The maximum atomic E-state index is 13.4. The minimum atomic E-state index is -3.77. The van der Waals surface area contributed by atoms with Crippen molar-refractivity contribution in [2.75, 3.05) is 26.4 Å². The van der Waals surface area contributed by atoms with Gasteiger partial charge in [-0.05, 0) is 67.5 Å². The number of aliphatic hydroxyl groups is 1.